The Balaban J connectivity index is 1.72. The van der Waals surface area contributed by atoms with E-state index in [4.69, 9.17) is 4.74 Å². The highest BCUT2D eigenvalue weighted by atomic mass is 32.1. The van der Waals surface area contributed by atoms with Crippen LogP contribution in [-0.4, -0.2) is 22.2 Å². The highest BCUT2D eigenvalue weighted by Crippen LogP contribution is 2.40. The van der Waals surface area contributed by atoms with Crippen LogP contribution in [0.25, 0.3) is 10.2 Å². The molecule has 2 heterocycles. The molecule has 1 atom stereocenters. The quantitative estimate of drug-likeness (QED) is 0.749. The number of nitrogens with zero attached hydrogens (tertiary/aromatic N) is 2. The molecule has 0 fully saturated rings. The van der Waals surface area contributed by atoms with Gasteiger partial charge in [0.05, 0.1) is 18.5 Å². The molecule has 0 radical (unpaired) electrons. The second-order valence-electron chi connectivity index (χ2n) is 6.05. The van der Waals surface area contributed by atoms with E-state index in [0.29, 0.717) is 0 Å². The summed E-state index contributed by atoms with van der Waals surface area (Å²) < 4.78 is 5.27. The highest BCUT2D eigenvalue weighted by Gasteiger charge is 2.22. The number of rotatable bonds is 4. The van der Waals surface area contributed by atoms with Crippen LogP contribution in [0.15, 0.2) is 24.5 Å². The number of aryl methyl sites for hydroxylation is 2. The monoisotopic (exact) mass is 341 g/mol. The first-order chi connectivity index (χ1) is 11.7. The van der Waals surface area contributed by atoms with E-state index < -0.39 is 0 Å². The van der Waals surface area contributed by atoms with Crippen LogP contribution >= 0.6 is 11.3 Å². The van der Waals surface area contributed by atoms with Gasteiger partial charge in [-0.2, -0.15) is 0 Å². The Morgan fingerprint density at radius 2 is 2.17 bits per heavy atom. The zero-order chi connectivity index (χ0) is 16.7. The third-order valence-corrected chi connectivity index (χ3v) is 5.76. The predicted octanol–water partition coefficient (Wildman–Crippen LogP) is 4.07. The zero-order valence-corrected chi connectivity index (χ0v) is 14.5. The number of hydrogen-bond donors (Lipinski definition) is 2. The average Bonchev–Trinajstić information content (AvgIpc) is 3.16. The van der Waals surface area contributed by atoms with Crippen LogP contribution in [0.2, 0.25) is 0 Å². The van der Waals surface area contributed by atoms with E-state index >= 15 is 0 Å². The van der Waals surface area contributed by atoms with Crippen LogP contribution in [0.1, 0.15) is 35.4 Å². The van der Waals surface area contributed by atoms with Gasteiger partial charge in [0.15, 0.2) is 0 Å². The molecule has 0 amide bonds. The van der Waals surface area contributed by atoms with Crippen LogP contribution in [0, 0.1) is 0 Å². The summed E-state index contributed by atoms with van der Waals surface area (Å²) in [7, 11) is 1.62. The average molecular weight is 341 g/mol. The summed E-state index contributed by atoms with van der Waals surface area (Å²) in [5.74, 6) is 1.81. The number of phenolic OH excluding ortho intramolecular Hbond substituents is 1. The number of aromatic hydroxyl groups is 1. The van der Waals surface area contributed by atoms with E-state index in [1.807, 2.05) is 13.0 Å². The number of aromatic nitrogens is 2. The van der Waals surface area contributed by atoms with E-state index in [9.17, 15) is 5.11 Å². The molecule has 1 aliphatic rings. The topological polar surface area (TPSA) is 67.3 Å². The van der Waals surface area contributed by atoms with Gasteiger partial charge in [0.1, 0.15) is 28.5 Å². The number of phenols is 1. The molecule has 0 spiro atoms. The predicted molar refractivity (Wildman–Crippen MR) is 96.1 cm³/mol. The second-order valence-corrected chi connectivity index (χ2v) is 7.13. The van der Waals surface area contributed by atoms with Crippen molar-refractivity contribution in [3.63, 3.8) is 0 Å². The molecule has 1 aliphatic carbocycles. The maximum absolute atomic E-state index is 10.2. The van der Waals surface area contributed by atoms with Crippen molar-refractivity contribution in [2.75, 3.05) is 12.4 Å². The Labute approximate surface area is 144 Å². The summed E-state index contributed by atoms with van der Waals surface area (Å²) in [5, 5.41) is 14.8. The highest BCUT2D eigenvalue weighted by molar-refractivity contribution is 7.19. The first-order valence-electron chi connectivity index (χ1n) is 8.06. The third-order valence-electron chi connectivity index (χ3n) is 4.56. The van der Waals surface area contributed by atoms with E-state index in [2.05, 4.69) is 15.3 Å². The Bertz CT molecular complexity index is 907. The summed E-state index contributed by atoms with van der Waals surface area (Å²) in [6.45, 7) is 2.01. The molecule has 0 bridgehead atoms. The summed E-state index contributed by atoms with van der Waals surface area (Å²) in [5.41, 5.74) is 2.17. The van der Waals surface area contributed by atoms with Crippen LogP contribution in [0.3, 0.4) is 0 Å². The smallest absolute Gasteiger partial charge is 0.138 e. The molecular weight excluding hydrogens is 322 g/mol. The molecule has 2 aromatic heterocycles. The van der Waals surface area contributed by atoms with Crippen molar-refractivity contribution in [2.24, 2.45) is 0 Å². The fourth-order valence-corrected chi connectivity index (χ4v) is 4.56. The number of nitrogens with one attached hydrogen (secondary N) is 1. The standard InChI is InChI=1S/C18H19N3O2S/c1-10(13-8-11(23-2)6-7-14(13)22)21-17-16-12-4-3-5-15(12)24-18(16)20-9-19-17/h6-10,22H,3-5H2,1-2H3,(H,19,20,21). The van der Waals surface area contributed by atoms with Gasteiger partial charge in [0.2, 0.25) is 0 Å². The zero-order valence-electron chi connectivity index (χ0n) is 13.7. The Hall–Kier alpha value is -2.34. The summed E-state index contributed by atoms with van der Waals surface area (Å²) in [6.07, 6.45) is 5.05. The van der Waals surface area contributed by atoms with Crippen LogP contribution < -0.4 is 10.1 Å². The third kappa shape index (κ3) is 2.47. The van der Waals surface area contributed by atoms with Crippen molar-refractivity contribution < 1.29 is 9.84 Å². The molecule has 3 aromatic rings. The molecule has 6 heteroatoms. The van der Waals surface area contributed by atoms with Gasteiger partial charge < -0.3 is 15.2 Å². The van der Waals surface area contributed by atoms with E-state index in [1.54, 1.807) is 36.9 Å². The Morgan fingerprint density at radius 3 is 3.00 bits per heavy atom. The Morgan fingerprint density at radius 1 is 1.29 bits per heavy atom. The number of anilines is 1. The van der Waals surface area contributed by atoms with Gasteiger partial charge in [-0.3, -0.25) is 0 Å². The molecule has 1 aromatic carbocycles. The van der Waals surface area contributed by atoms with E-state index in [-0.39, 0.29) is 11.8 Å². The molecule has 1 unspecified atom stereocenters. The number of benzene rings is 1. The lowest BCUT2D eigenvalue weighted by Crippen LogP contribution is -2.09. The minimum absolute atomic E-state index is 0.102. The normalized spacial score (nSPS) is 14.6. The number of fused-ring (bicyclic) bond motifs is 3. The molecule has 0 aliphatic heterocycles. The lowest BCUT2D eigenvalue weighted by Gasteiger charge is -2.18. The molecule has 0 saturated carbocycles. The van der Waals surface area contributed by atoms with Crippen molar-refractivity contribution in [1.29, 1.82) is 0 Å². The van der Waals surface area contributed by atoms with E-state index in [0.717, 1.165) is 40.2 Å². The van der Waals surface area contributed by atoms with Gasteiger partial charge in [-0.1, -0.05) is 0 Å². The molecule has 5 nitrogen and oxygen atoms in total. The van der Waals surface area contributed by atoms with Crippen LogP contribution in [0.4, 0.5) is 5.82 Å². The van der Waals surface area contributed by atoms with E-state index in [1.165, 1.54) is 16.9 Å². The van der Waals surface area contributed by atoms with Crippen molar-refractivity contribution in [3.05, 3.63) is 40.5 Å². The SMILES string of the molecule is COc1ccc(O)c(C(C)Nc2ncnc3sc4c(c23)CCC4)c1. The van der Waals surface area contributed by atoms with Gasteiger partial charge in [0, 0.05) is 10.4 Å². The largest absolute Gasteiger partial charge is 0.508 e. The minimum Gasteiger partial charge on any atom is -0.508 e. The molecule has 4 rings (SSSR count). The molecular formula is C18H19N3O2S. The summed E-state index contributed by atoms with van der Waals surface area (Å²) >= 11 is 1.77. The fourth-order valence-electron chi connectivity index (χ4n) is 3.33. The number of hydrogen-bond acceptors (Lipinski definition) is 6. The fraction of sp³-hybridized carbons (Fsp3) is 0.333. The van der Waals surface area contributed by atoms with Crippen molar-refractivity contribution >= 4 is 27.4 Å². The van der Waals surface area contributed by atoms with Crippen molar-refractivity contribution in [2.45, 2.75) is 32.2 Å². The van der Waals surface area contributed by atoms with Crippen LogP contribution in [-0.2, 0) is 12.8 Å². The van der Waals surface area contributed by atoms with Gasteiger partial charge in [-0.05, 0) is 49.9 Å². The van der Waals surface area contributed by atoms with Gasteiger partial charge in [0.25, 0.3) is 0 Å². The van der Waals surface area contributed by atoms with Crippen molar-refractivity contribution in [1.82, 2.24) is 9.97 Å². The first-order valence-corrected chi connectivity index (χ1v) is 8.87. The first kappa shape index (κ1) is 15.2. The molecule has 124 valence electrons. The van der Waals surface area contributed by atoms with Crippen LogP contribution in [0.5, 0.6) is 11.5 Å². The second kappa shape index (κ2) is 5.94. The molecule has 2 N–H and O–H groups in total. The Kier molecular flexibility index (Phi) is 3.76. The van der Waals surface area contributed by atoms with Gasteiger partial charge in [-0.15, -0.1) is 11.3 Å². The number of thiophene rings is 1. The molecule has 24 heavy (non-hydrogen) atoms. The lowest BCUT2D eigenvalue weighted by molar-refractivity contribution is 0.410. The lowest BCUT2D eigenvalue weighted by atomic mass is 10.1. The minimum atomic E-state index is -0.102. The maximum Gasteiger partial charge on any atom is 0.138 e. The molecule has 0 saturated heterocycles. The number of methoxy groups -OCH3 is 1. The van der Waals surface area contributed by atoms with Gasteiger partial charge in [-0.25, -0.2) is 9.97 Å². The maximum atomic E-state index is 10.2. The van der Waals surface area contributed by atoms with Gasteiger partial charge >= 0.3 is 0 Å². The summed E-state index contributed by atoms with van der Waals surface area (Å²) in [4.78, 5) is 11.4. The summed E-state index contributed by atoms with van der Waals surface area (Å²) in [6, 6.07) is 5.16. The number of ether oxygens (including phenoxy) is 1. The van der Waals surface area contributed by atoms with Crippen molar-refractivity contribution in [3.8, 4) is 11.5 Å².